The van der Waals surface area contributed by atoms with E-state index in [4.69, 9.17) is 0 Å². The van der Waals surface area contributed by atoms with Crippen molar-refractivity contribution in [1.82, 2.24) is 19.9 Å². The number of halogens is 1. The molecule has 0 unspecified atom stereocenters. The van der Waals surface area contributed by atoms with Crippen LogP contribution in [0.1, 0.15) is 48.9 Å². The summed E-state index contributed by atoms with van der Waals surface area (Å²) in [5, 5.41) is 2.96. The molecular formula is C21H23FN4O3. The second-order valence-corrected chi connectivity index (χ2v) is 9.11. The second kappa shape index (κ2) is 6.64. The second-order valence-electron chi connectivity index (χ2n) is 9.11. The highest BCUT2D eigenvalue weighted by Gasteiger charge is 2.50. The molecule has 0 radical (unpaired) electrons. The zero-order valence-corrected chi connectivity index (χ0v) is 16.0. The van der Waals surface area contributed by atoms with Crippen LogP contribution in [0.4, 0.5) is 4.39 Å². The van der Waals surface area contributed by atoms with E-state index in [2.05, 4.69) is 10.3 Å². The van der Waals surface area contributed by atoms with Gasteiger partial charge in [-0.3, -0.25) is 14.3 Å². The van der Waals surface area contributed by atoms with Crippen molar-refractivity contribution in [2.75, 3.05) is 6.54 Å². The number of H-pyrrole nitrogens is 1. The number of carbonyl (C=O) groups excluding carboxylic acids is 1. The summed E-state index contributed by atoms with van der Waals surface area (Å²) in [5.74, 6) is 1.20. The molecule has 1 heterocycles. The summed E-state index contributed by atoms with van der Waals surface area (Å²) in [7, 11) is 0. The fourth-order valence-electron chi connectivity index (χ4n) is 6.24. The Morgan fingerprint density at radius 2 is 1.83 bits per heavy atom. The van der Waals surface area contributed by atoms with Crippen LogP contribution in [0.2, 0.25) is 0 Å². The molecule has 29 heavy (non-hydrogen) atoms. The van der Waals surface area contributed by atoms with Crippen molar-refractivity contribution in [3.8, 4) is 5.69 Å². The lowest BCUT2D eigenvalue weighted by molar-refractivity contribution is -0.0503. The maximum Gasteiger partial charge on any atom is 0.350 e. The molecule has 8 heteroatoms. The number of amides is 1. The Kier molecular flexibility index (Phi) is 4.18. The Labute approximate surface area is 166 Å². The van der Waals surface area contributed by atoms with Crippen LogP contribution in [0.5, 0.6) is 0 Å². The fourth-order valence-corrected chi connectivity index (χ4v) is 6.24. The van der Waals surface area contributed by atoms with Crippen molar-refractivity contribution in [2.45, 2.75) is 38.5 Å². The van der Waals surface area contributed by atoms with Crippen LogP contribution in [0.3, 0.4) is 0 Å². The van der Waals surface area contributed by atoms with Crippen molar-refractivity contribution >= 4 is 5.91 Å². The number of nitrogens with one attached hydrogen (secondary N) is 2. The van der Waals surface area contributed by atoms with Gasteiger partial charge in [0, 0.05) is 6.54 Å². The third kappa shape index (κ3) is 3.30. The van der Waals surface area contributed by atoms with Gasteiger partial charge in [-0.1, -0.05) is 0 Å². The summed E-state index contributed by atoms with van der Waals surface area (Å²) in [6, 6.07) is 3.82. The lowest BCUT2D eigenvalue weighted by Gasteiger charge is -2.56. The summed E-state index contributed by atoms with van der Waals surface area (Å²) >= 11 is 0. The molecule has 4 aliphatic carbocycles. The Balaban J connectivity index is 1.36. The number of benzene rings is 1. The Bertz CT molecular complexity index is 1050. The molecule has 4 aliphatic rings. The number of hydrogen-bond acceptors (Lipinski definition) is 4. The summed E-state index contributed by atoms with van der Waals surface area (Å²) in [6.07, 6.45) is 8.50. The van der Waals surface area contributed by atoms with E-state index >= 15 is 0 Å². The first-order valence-electron chi connectivity index (χ1n) is 10.2. The van der Waals surface area contributed by atoms with Gasteiger partial charge in [0.05, 0.1) is 11.3 Å². The lowest BCUT2D eigenvalue weighted by atomic mass is 9.49. The van der Waals surface area contributed by atoms with Crippen LogP contribution in [-0.4, -0.2) is 27.0 Å². The third-order valence-corrected chi connectivity index (χ3v) is 6.98. The molecular weight excluding hydrogens is 375 g/mol. The summed E-state index contributed by atoms with van der Waals surface area (Å²) in [4.78, 5) is 41.4. The van der Waals surface area contributed by atoms with Gasteiger partial charge >= 0.3 is 11.4 Å². The third-order valence-electron chi connectivity index (χ3n) is 6.98. The molecule has 0 aliphatic heterocycles. The molecule has 152 valence electrons. The number of aromatic nitrogens is 3. The Morgan fingerprint density at radius 1 is 1.17 bits per heavy atom. The zero-order valence-electron chi connectivity index (χ0n) is 16.0. The molecule has 0 atom stereocenters. The first-order chi connectivity index (χ1) is 13.9. The first kappa shape index (κ1) is 18.3. The predicted octanol–water partition coefficient (Wildman–Crippen LogP) is 2.01. The molecule has 4 saturated carbocycles. The van der Waals surface area contributed by atoms with Gasteiger partial charge in [0.25, 0.3) is 5.91 Å². The van der Waals surface area contributed by atoms with Crippen LogP contribution in [0.25, 0.3) is 5.69 Å². The molecule has 4 fully saturated rings. The minimum absolute atomic E-state index is 0.120. The van der Waals surface area contributed by atoms with E-state index in [1.807, 2.05) is 4.98 Å². The van der Waals surface area contributed by atoms with E-state index in [0.717, 1.165) is 54.0 Å². The van der Waals surface area contributed by atoms with Gasteiger partial charge in [-0.05, 0) is 79.9 Å². The topological polar surface area (TPSA) is 96.8 Å². The number of nitrogens with zero attached hydrogens (tertiary/aromatic N) is 2. The number of hydrogen-bond donors (Lipinski definition) is 2. The standard InChI is InChI=1S/C21H23FN4O3/c22-17-2-1-15(26-11-24-19(28)25-20(26)29)6-16(17)18(27)23-10-21-7-12-3-13(8-21)5-14(4-12)9-21/h1-2,6,11-14H,3-5,7-10H2,(H,23,27)(H,25,28,29). The monoisotopic (exact) mass is 398 g/mol. The molecule has 4 bridgehead atoms. The van der Waals surface area contributed by atoms with Crippen molar-refractivity contribution < 1.29 is 9.18 Å². The van der Waals surface area contributed by atoms with Gasteiger partial charge in [-0.2, -0.15) is 4.98 Å². The van der Waals surface area contributed by atoms with Gasteiger partial charge in [-0.25, -0.2) is 14.0 Å². The molecule has 1 amide bonds. The van der Waals surface area contributed by atoms with E-state index in [0.29, 0.717) is 6.54 Å². The van der Waals surface area contributed by atoms with E-state index in [1.54, 1.807) is 0 Å². The van der Waals surface area contributed by atoms with E-state index in [-0.39, 0.29) is 16.7 Å². The highest BCUT2D eigenvalue weighted by Crippen LogP contribution is 2.59. The average Bonchev–Trinajstić information content (AvgIpc) is 2.66. The van der Waals surface area contributed by atoms with E-state index in [9.17, 15) is 18.8 Å². The van der Waals surface area contributed by atoms with Gasteiger partial charge < -0.3 is 5.32 Å². The van der Waals surface area contributed by atoms with Crippen LogP contribution in [-0.2, 0) is 0 Å². The normalized spacial score (nSPS) is 29.8. The molecule has 7 nitrogen and oxygen atoms in total. The fraction of sp³-hybridized carbons (Fsp3) is 0.524. The highest BCUT2D eigenvalue weighted by atomic mass is 19.1. The molecule has 2 aromatic rings. The number of aromatic amines is 1. The lowest BCUT2D eigenvalue weighted by Crippen LogP contribution is -2.51. The van der Waals surface area contributed by atoms with Crippen molar-refractivity contribution in [1.29, 1.82) is 0 Å². The quantitative estimate of drug-likeness (QED) is 0.823. The Hall–Kier alpha value is -2.77. The summed E-state index contributed by atoms with van der Waals surface area (Å²) in [6.45, 7) is 0.569. The van der Waals surface area contributed by atoms with Crippen molar-refractivity contribution in [3.63, 3.8) is 0 Å². The number of carbonyl (C=O) groups is 1. The Morgan fingerprint density at radius 3 is 2.45 bits per heavy atom. The smallest absolute Gasteiger partial charge is 0.350 e. The molecule has 0 saturated heterocycles. The largest absolute Gasteiger partial charge is 0.351 e. The van der Waals surface area contributed by atoms with E-state index in [1.165, 1.54) is 31.4 Å². The molecule has 0 spiro atoms. The zero-order chi connectivity index (χ0) is 20.2. The minimum atomic E-state index is -0.762. The van der Waals surface area contributed by atoms with E-state index < -0.39 is 23.1 Å². The van der Waals surface area contributed by atoms with Gasteiger partial charge in [-0.15, -0.1) is 0 Å². The highest BCUT2D eigenvalue weighted by molar-refractivity contribution is 5.95. The van der Waals surface area contributed by atoms with Crippen LogP contribution in [0, 0.1) is 29.0 Å². The molecule has 6 rings (SSSR count). The van der Waals surface area contributed by atoms with Gasteiger partial charge in [0.15, 0.2) is 0 Å². The first-order valence-corrected chi connectivity index (χ1v) is 10.2. The average molecular weight is 398 g/mol. The minimum Gasteiger partial charge on any atom is -0.351 e. The predicted molar refractivity (Wildman–Crippen MR) is 103 cm³/mol. The summed E-state index contributed by atoms with van der Waals surface area (Å²) in [5.41, 5.74) is -1.16. The maximum atomic E-state index is 14.4. The van der Waals surface area contributed by atoms with Gasteiger partial charge in [0.2, 0.25) is 0 Å². The van der Waals surface area contributed by atoms with Crippen LogP contribution in [0.15, 0.2) is 34.1 Å². The summed E-state index contributed by atoms with van der Waals surface area (Å²) < 4.78 is 15.4. The van der Waals surface area contributed by atoms with Crippen LogP contribution < -0.4 is 16.7 Å². The SMILES string of the molecule is O=C(NCC12CC3CC(CC(C3)C1)C2)c1cc(-n2cnc(=O)[nH]c2=O)ccc1F. The maximum absolute atomic E-state index is 14.4. The van der Waals surface area contributed by atoms with Crippen molar-refractivity contribution in [2.24, 2.45) is 23.2 Å². The van der Waals surface area contributed by atoms with Crippen molar-refractivity contribution in [3.05, 3.63) is 56.9 Å². The number of rotatable bonds is 4. The molecule has 1 aromatic heterocycles. The molecule has 1 aromatic carbocycles. The van der Waals surface area contributed by atoms with Gasteiger partial charge in [0.1, 0.15) is 12.1 Å². The van der Waals surface area contributed by atoms with Crippen LogP contribution >= 0.6 is 0 Å². The molecule has 2 N–H and O–H groups in total.